The van der Waals surface area contributed by atoms with Gasteiger partial charge in [0.1, 0.15) is 5.75 Å². The molecular weight excluding hydrogens is 252 g/mol. The molecule has 0 unspecified atom stereocenters. The number of thioether (sulfide) groups is 1. The molecule has 0 aliphatic heterocycles. The fourth-order valence-electron chi connectivity index (χ4n) is 1.54. The van der Waals surface area contributed by atoms with Gasteiger partial charge in [0.05, 0.1) is 0 Å². The molecule has 0 aliphatic rings. The summed E-state index contributed by atoms with van der Waals surface area (Å²) in [5.74, 6) is 0.793. The molecule has 0 atom stereocenters. The first-order chi connectivity index (χ1) is 8.35. The number of rotatable bonds is 2. The highest BCUT2D eigenvalue weighted by Gasteiger charge is 2.03. The van der Waals surface area contributed by atoms with E-state index in [-0.39, 0.29) is 0 Å². The van der Waals surface area contributed by atoms with Gasteiger partial charge in [-0.05, 0) is 17.7 Å². The number of benzene rings is 2. The van der Waals surface area contributed by atoms with Crippen LogP contribution < -0.4 is 4.74 Å². The zero-order valence-electron chi connectivity index (χ0n) is 9.29. The summed E-state index contributed by atoms with van der Waals surface area (Å²) in [6.45, 7) is 0. The number of thiol groups is 1. The van der Waals surface area contributed by atoms with Crippen LogP contribution in [0.5, 0.6) is 5.75 Å². The first kappa shape index (κ1) is 12.2. The molecule has 0 saturated heterocycles. The van der Waals surface area contributed by atoms with Crippen molar-refractivity contribution in [2.45, 2.75) is 0 Å². The van der Waals surface area contributed by atoms with Gasteiger partial charge in [-0.25, -0.2) is 0 Å². The normalized spacial score (nSPS) is 11.9. The Balaban J connectivity index is 2.42. The van der Waals surface area contributed by atoms with E-state index in [2.05, 4.69) is 0 Å². The van der Waals surface area contributed by atoms with E-state index in [0.717, 1.165) is 22.1 Å². The van der Waals surface area contributed by atoms with Gasteiger partial charge in [-0.15, -0.1) is 0 Å². The van der Waals surface area contributed by atoms with Crippen LogP contribution in [0.2, 0.25) is 0 Å². The van der Waals surface area contributed by atoms with Gasteiger partial charge in [0.15, 0.2) is 10.0 Å². The van der Waals surface area contributed by atoms with E-state index in [1.54, 1.807) is 0 Å². The second-order valence-corrected chi connectivity index (χ2v) is 5.24. The Morgan fingerprint density at radius 1 is 1.24 bits per heavy atom. The Morgan fingerprint density at radius 3 is 2.76 bits per heavy atom. The second-order valence-electron chi connectivity index (χ2n) is 3.28. The molecule has 0 N–H and O–H groups in total. The number of carbonyl (C=O) groups is 1. The van der Waals surface area contributed by atoms with Gasteiger partial charge >= 0.3 is 0 Å². The molecule has 0 amide bonds. The van der Waals surface area contributed by atoms with Crippen molar-refractivity contribution in [1.29, 1.82) is 0 Å². The highest BCUT2D eigenvalue weighted by Crippen LogP contribution is 2.26. The monoisotopic (exact) mass is 264 g/mol. The summed E-state index contributed by atoms with van der Waals surface area (Å²) in [7, 11) is 0. The molecule has 0 heterocycles. The zero-order chi connectivity index (χ0) is 12.1. The lowest BCUT2D eigenvalue weighted by Gasteiger charge is -2.09. The van der Waals surface area contributed by atoms with Crippen molar-refractivity contribution in [3.8, 4) is 5.75 Å². The number of hydrogen-bond acceptors (Lipinski definition) is 3. The van der Waals surface area contributed by atoms with Gasteiger partial charge in [0, 0.05) is 5.39 Å². The zero-order valence-corrected chi connectivity index (χ0v) is 11.0. The Labute approximate surface area is 108 Å². The van der Waals surface area contributed by atoms with Crippen molar-refractivity contribution in [2.75, 3.05) is 6.26 Å². The molecule has 2 aromatic carbocycles. The molecule has 2 aromatic rings. The van der Waals surface area contributed by atoms with Gasteiger partial charge in [0.25, 0.3) is 0 Å². The predicted octanol–water partition coefficient (Wildman–Crippen LogP) is 3.32. The third-order valence-corrected chi connectivity index (χ3v) is 3.98. The number of hydrogen-bond donors (Lipinski definition) is 1. The molecule has 17 heavy (non-hydrogen) atoms. The molecule has 0 bridgehead atoms. The minimum absolute atomic E-state index is 0.568. The second kappa shape index (κ2) is 5.89. The quantitative estimate of drug-likeness (QED) is 0.512. The van der Waals surface area contributed by atoms with Crippen molar-refractivity contribution >= 4 is 43.9 Å². The minimum Gasteiger partial charge on any atom is -0.444 e. The van der Waals surface area contributed by atoms with Gasteiger partial charge in [-0.1, -0.05) is 59.5 Å². The number of ether oxygens (including phenoxy) is 1. The fourth-order valence-corrected chi connectivity index (χ4v) is 2.50. The topological polar surface area (TPSA) is 26.3 Å². The smallest absolute Gasteiger partial charge is 0.189 e. The lowest BCUT2D eigenvalue weighted by Crippen LogP contribution is -2.01. The van der Waals surface area contributed by atoms with E-state index >= 15 is 0 Å². The average Bonchev–Trinajstić information content (AvgIpc) is 2.38. The summed E-state index contributed by atoms with van der Waals surface area (Å²) in [6, 6.07) is 13.9. The first-order valence-corrected chi connectivity index (χ1v) is 7.25. The van der Waals surface area contributed by atoms with E-state index in [0.29, 0.717) is 15.7 Å². The standard InChI is InChI=1S/C13H12O2S2/c1-16-13(17-9-14)15-12-8-4-6-10-5-2-3-7-11(10)12/h2-9,17H,1H3. The summed E-state index contributed by atoms with van der Waals surface area (Å²) in [4.78, 5) is 10.5. The number of fused-ring (bicyclic) bond motifs is 1. The van der Waals surface area contributed by atoms with E-state index in [1.165, 1.54) is 11.8 Å². The van der Waals surface area contributed by atoms with Crippen molar-refractivity contribution < 1.29 is 9.53 Å². The summed E-state index contributed by atoms with van der Waals surface area (Å²) >= 11 is 2.02. The molecule has 0 fully saturated rings. The lowest BCUT2D eigenvalue weighted by molar-refractivity contribution is 0.569. The summed E-state index contributed by atoms with van der Waals surface area (Å²) in [5.41, 5.74) is 0.830. The Morgan fingerprint density at radius 2 is 2.00 bits per heavy atom. The SMILES string of the molecule is CSC(Oc1cccc2ccccc12)=[SH]C=O. The molecule has 0 aromatic heterocycles. The predicted molar refractivity (Wildman–Crippen MR) is 78.8 cm³/mol. The van der Waals surface area contributed by atoms with Crippen LogP contribution in [-0.2, 0) is 4.79 Å². The number of carbonyl (C=O) groups excluding carboxylic acids is 1. The van der Waals surface area contributed by atoms with Crippen LogP contribution in [-0.4, -0.2) is 16.3 Å². The van der Waals surface area contributed by atoms with Crippen LogP contribution in [0.25, 0.3) is 10.8 Å². The average molecular weight is 264 g/mol. The van der Waals surface area contributed by atoms with Crippen LogP contribution in [0.15, 0.2) is 42.5 Å². The molecule has 0 aliphatic carbocycles. The molecule has 0 spiro atoms. The molecule has 0 radical (unpaired) electrons. The third kappa shape index (κ3) is 2.90. The van der Waals surface area contributed by atoms with Gasteiger partial charge in [0.2, 0.25) is 0 Å². The molecular formula is C13H12O2S2. The third-order valence-electron chi connectivity index (χ3n) is 2.28. The van der Waals surface area contributed by atoms with Crippen LogP contribution in [0.4, 0.5) is 0 Å². The molecule has 4 heteroatoms. The fraction of sp³-hybridized carbons (Fsp3) is 0.0769. The van der Waals surface area contributed by atoms with Crippen LogP contribution in [0, 0.1) is 0 Å². The van der Waals surface area contributed by atoms with E-state index in [9.17, 15) is 4.79 Å². The Hall–Kier alpha value is -1.26. The summed E-state index contributed by atoms with van der Waals surface area (Å²) in [5, 5.41) is 2.19. The maximum atomic E-state index is 10.5. The lowest BCUT2D eigenvalue weighted by atomic mass is 10.1. The van der Waals surface area contributed by atoms with E-state index < -0.39 is 0 Å². The highest BCUT2D eigenvalue weighted by molar-refractivity contribution is 8.30. The van der Waals surface area contributed by atoms with Crippen LogP contribution >= 0.6 is 23.1 Å². The summed E-state index contributed by atoms with van der Waals surface area (Å²) < 4.78 is 6.44. The maximum Gasteiger partial charge on any atom is 0.189 e. The Bertz CT molecular complexity index is 559. The molecule has 0 saturated carbocycles. The van der Waals surface area contributed by atoms with Crippen molar-refractivity contribution in [3.63, 3.8) is 0 Å². The molecule has 88 valence electrons. The summed E-state index contributed by atoms with van der Waals surface area (Å²) in [6.07, 6.45) is 1.90. The molecule has 2 rings (SSSR count). The maximum absolute atomic E-state index is 10.5. The first-order valence-electron chi connectivity index (χ1n) is 5.06. The van der Waals surface area contributed by atoms with E-state index in [4.69, 9.17) is 4.74 Å². The largest absolute Gasteiger partial charge is 0.444 e. The van der Waals surface area contributed by atoms with Crippen molar-refractivity contribution in [1.82, 2.24) is 0 Å². The molecule has 2 nitrogen and oxygen atoms in total. The van der Waals surface area contributed by atoms with Gasteiger partial charge in [-0.2, -0.15) is 0 Å². The van der Waals surface area contributed by atoms with Gasteiger partial charge < -0.3 is 4.74 Å². The Kier molecular flexibility index (Phi) is 4.23. The van der Waals surface area contributed by atoms with Crippen molar-refractivity contribution in [2.24, 2.45) is 0 Å². The van der Waals surface area contributed by atoms with E-state index in [1.807, 2.05) is 48.7 Å². The van der Waals surface area contributed by atoms with Crippen LogP contribution in [0.1, 0.15) is 0 Å². The highest BCUT2D eigenvalue weighted by atomic mass is 32.2. The van der Waals surface area contributed by atoms with Gasteiger partial charge in [-0.3, -0.25) is 4.79 Å². The minimum atomic E-state index is 0.568. The van der Waals surface area contributed by atoms with Crippen LogP contribution in [0.3, 0.4) is 0 Å². The van der Waals surface area contributed by atoms with Crippen molar-refractivity contribution in [3.05, 3.63) is 42.5 Å².